The van der Waals surface area contributed by atoms with Crippen LogP contribution in [0.15, 0.2) is 41.2 Å². The van der Waals surface area contributed by atoms with E-state index < -0.39 is 38.9 Å². The molecule has 2 N–H and O–H groups in total. The first kappa shape index (κ1) is 24.3. The summed E-state index contributed by atoms with van der Waals surface area (Å²) in [4.78, 5) is 33.2. The molecule has 0 aliphatic carbocycles. The molecule has 1 saturated heterocycles. The normalized spacial score (nSPS) is 17.6. The standard InChI is InChI=1S/C22H30N4O4S2/c1-16(21(23)27)26(20-13-31-15-24-20)22(28)18(12-17-6-4-3-5-7-17)14-32(29,30)19-8-10-25(2)11-9-19/h3-7,13,15-16,18-19H,8-12,14H2,1-2H3,(H2,23,27). The minimum Gasteiger partial charge on any atom is -0.368 e. The molecule has 1 fully saturated rings. The number of sulfone groups is 1. The van der Waals surface area contributed by atoms with Crippen molar-refractivity contribution in [1.29, 1.82) is 0 Å². The molecule has 1 aromatic carbocycles. The molecule has 0 saturated carbocycles. The van der Waals surface area contributed by atoms with Crippen molar-refractivity contribution in [2.24, 2.45) is 11.7 Å². The molecule has 2 atom stereocenters. The van der Waals surface area contributed by atoms with Crippen LogP contribution in [-0.4, -0.2) is 67.3 Å². The highest BCUT2D eigenvalue weighted by atomic mass is 32.2. The molecule has 2 amide bonds. The number of carbonyl (C=O) groups is 2. The van der Waals surface area contributed by atoms with E-state index in [4.69, 9.17) is 5.73 Å². The molecule has 10 heteroatoms. The van der Waals surface area contributed by atoms with Crippen molar-refractivity contribution in [3.63, 3.8) is 0 Å². The molecule has 3 rings (SSSR count). The number of anilines is 1. The molecule has 0 radical (unpaired) electrons. The van der Waals surface area contributed by atoms with Gasteiger partial charge in [-0.25, -0.2) is 13.4 Å². The molecule has 2 heterocycles. The number of piperidine rings is 1. The summed E-state index contributed by atoms with van der Waals surface area (Å²) in [5, 5.41) is 1.19. The number of primary amides is 1. The Balaban J connectivity index is 1.92. The fourth-order valence-electron chi connectivity index (χ4n) is 4.03. The van der Waals surface area contributed by atoms with E-state index in [1.807, 2.05) is 37.4 Å². The van der Waals surface area contributed by atoms with Crippen molar-refractivity contribution in [1.82, 2.24) is 9.88 Å². The highest BCUT2D eigenvalue weighted by Gasteiger charge is 2.38. The average Bonchev–Trinajstić information content (AvgIpc) is 3.28. The predicted molar refractivity (Wildman–Crippen MR) is 126 cm³/mol. The van der Waals surface area contributed by atoms with Crippen molar-refractivity contribution >= 4 is 38.8 Å². The molecule has 1 aliphatic heterocycles. The van der Waals surface area contributed by atoms with Crippen molar-refractivity contribution in [3.8, 4) is 0 Å². The summed E-state index contributed by atoms with van der Waals surface area (Å²) in [6.07, 6.45) is 1.36. The fraction of sp³-hybridized carbons (Fsp3) is 0.500. The summed E-state index contributed by atoms with van der Waals surface area (Å²) in [7, 11) is -1.55. The van der Waals surface area contributed by atoms with Crippen LogP contribution in [0.1, 0.15) is 25.3 Å². The Morgan fingerprint density at radius 3 is 2.47 bits per heavy atom. The van der Waals surface area contributed by atoms with E-state index in [0.29, 0.717) is 31.7 Å². The second kappa shape index (κ2) is 10.5. The molecule has 1 aromatic heterocycles. The van der Waals surface area contributed by atoms with Gasteiger partial charge >= 0.3 is 0 Å². The third-order valence-corrected chi connectivity index (χ3v) is 8.91. The molecule has 32 heavy (non-hydrogen) atoms. The minimum absolute atomic E-state index is 0.248. The number of carbonyl (C=O) groups excluding carboxylic acids is 2. The van der Waals surface area contributed by atoms with Crippen LogP contribution in [0.25, 0.3) is 0 Å². The Morgan fingerprint density at radius 2 is 1.91 bits per heavy atom. The summed E-state index contributed by atoms with van der Waals surface area (Å²) in [6, 6.07) is 8.36. The quantitative estimate of drug-likeness (QED) is 0.587. The Kier molecular flexibility index (Phi) is 8.02. The summed E-state index contributed by atoms with van der Waals surface area (Å²) >= 11 is 1.29. The number of thiazole rings is 1. The fourth-order valence-corrected chi connectivity index (χ4v) is 6.58. The number of amides is 2. The van der Waals surface area contributed by atoms with Gasteiger partial charge < -0.3 is 10.6 Å². The number of benzene rings is 1. The smallest absolute Gasteiger partial charge is 0.240 e. The maximum atomic E-state index is 13.7. The van der Waals surface area contributed by atoms with Crippen molar-refractivity contribution in [2.45, 2.75) is 37.5 Å². The van der Waals surface area contributed by atoms with Crippen LogP contribution in [-0.2, 0) is 25.8 Å². The Bertz CT molecular complexity index is 1000. The first-order valence-electron chi connectivity index (χ1n) is 10.6. The van der Waals surface area contributed by atoms with Gasteiger partial charge in [-0.15, -0.1) is 11.3 Å². The number of nitrogens with zero attached hydrogens (tertiary/aromatic N) is 3. The van der Waals surface area contributed by atoms with Gasteiger partial charge in [0, 0.05) is 5.38 Å². The van der Waals surface area contributed by atoms with Crippen LogP contribution in [0, 0.1) is 5.92 Å². The number of hydrogen-bond donors (Lipinski definition) is 1. The summed E-state index contributed by atoms with van der Waals surface area (Å²) < 4.78 is 26.6. The highest BCUT2D eigenvalue weighted by Crippen LogP contribution is 2.26. The number of likely N-dealkylation sites (tertiary alicyclic amines) is 1. The van der Waals surface area contributed by atoms with E-state index in [1.165, 1.54) is 23.2 Å². The SMILES string of the molecule is CC(C(N)=O)N(C(=O)C(Cc1ccccc1)CS(=O)(=O)C1CCN(C)CC1)c1cscn1. The zero-order valence-corrected chi connectivity index (χ0v) is 20.0. The van der Waals surface area contributed by atoms with Gasteiger partial charge in [0.1, 0.15) is 11.9 Å². The number of hydrogen-bond acceptors (Lipinski definition) is 7. The van der Waals surface area contributed by atoms with E-state index in [2.05, 4.69) is 9.88 Å². The first-order chi connectivity index (χ1) is 15.2. The van der Waals surface area contributed by atoms with E-state index in [9.17, 15) is 18.0 Å². The van der Waals surface area contributed by atoms with Gasteiger partial charge in [0.25, 0.3) is 0 Å². The molecular weight excluding hydrogens is 448 g/mol. The Morgan fingerprint density at radius 1 is 1.25 bits per heavy atom. The lowest BCUT2D eigenvalue weighted by molar-refractivity contribution is -0.126. The summed E-state index contributed by atoms with van der Waals surface area (Å²) in [6.45, 7) is 2.96. The van der Waals surface area contributed by atoms with Crippen molar-refractivity contribution < 1.29 is 18.0 Å². The van der Waals surface area contributed by atoms with Crippen LogP contribution in [0.2, 0.25) is 0 Å². The molecule has 1 aliphatic rings. The van der Waals surface area contributed by atoms with Gasteiger partial charge in [-0.2, -0.15) is 0 Å². The van der Waals surface area contributed by atoms with Crippen LogP contribution in [0.4, 0.5) is 5.82 Å². The van der Waals surface area contributed by atoms with Gasteiger partial charge in [0.15, 0.2) is 9.84 Å². The molecular formula is C22H30N4O4S2. The predicted octanol–water partition coefficient (Wildman–Crippen LogP) is 1.72. The zero-order chi connectivity index (χ0) is 23.3. The minimum atomic E-state index is -3.53. The maximum absolute atomic E-state index is 13.7. The van der Waals surface area contributed by atoms with Gasteiger partial charge in [0.2, 0.25) is 11.8 Å². The van der Waals surface area contributed by atoms with Gasteiger partial charge in [-0.05, 0) is 51.9 Å². The Hall–Kier alpha value is -2.30. The molecule has 174 valence electrons. The lowest BCUT2D eigenvalue weighted by Gasteiger charge is -2.32. The lowest BCUT2D eigenvalue weighted by Crippen LogP contribution is -2.51. The topological polar surface area (TPSA) is 114 Å². The molecule has 0 bridgehead atoms. The molecule has 2 unspecified atom stereocenters. The van der Waals surface area contributed by atoms with Crippen LogP contribution in [0.3, 0.4) is 0 Å². The number of aromatic nitrogens is 1. The highest BCUT2D eigenvalue weighted by molar-refractivity contribution is 7.92. The van der Waals surface area contributed by atoms with Gasteiger partial charge in [0.05, 0.1) is 22.4 Å². The van der Waals surface area contributed by atoms with Crippen molar-refractivity contribution in [3.05, 3.63) is 46.8 Å². The molecule has 0 spiro atoms. The largest absolute Gasteiger partial charge is 0.368 e. The first-order valence-corrected chi connectivity index (χ1v) is 13.3. The second-order valence-electron chi connectivity index (χ2n) is 8.35. The number of nitrogens with two attached hydrogens (primary N) is 1. The third-order valence-electron chi connectivity index (χ3n) is 5.98. The van der Waals surface area contributed by atoms with Crippen LogP contribution < -0.4 is 10.6 Å². The monoisotopic (exact) mass is 478 g/mol. The van der Waals surface area contributed by atoms with Crippen LogP contribution >= 0.6 is 11.3 Å². The van der Waals surface area contributed by atoms with E-state index in [-0.39, 0.29) is 12.2 Å². The zero-order valence-electron chi connectivity index (χ0n) is 18.4. The summed E-state index contributed by atoms with van der Waals surface area (Å²) in [5.41, 5.74) is 7.93. The van der Waals surface area contributed by atoms with E-state index in [0.717, 1.165) is 5.56 Å². The average molecular weight is 479 g/mol. The van der Waals surface area contributed by atoms with E-state index >= 15 is 0 Å². The Labute approximate surface area is 193 Å². The summed E-state index contributed by atoms with van der Waals surface area (Å²) in [5.74, 6) is -1.96. The van der Waals surface area contributed by atoms with Crippen molar-refractivity contribution in [2.75, 3.05) is 30.8 Å². The number of rotatable bonds is 9. The maximum Gasteiger partial charge on any atom is 0.240 e. The van der Waals surface area contributed by atoms with Gasteiger partial charge in [-0.1, -0.05) is 30.3 Å². The molecule has 8 nitrogen and oxygen atoms in total. The van der Waals surface area contributed by atoms with E-state index in [1.54, 1.807) is 10.9 Å². The third kappa shape index (κ3) is 5.93. The van der Waals surface area contributed by atoms with Crippen LogP contribution in [0.5, 0.6) is 0 Å². The molecule has 2 aromatic rings. The lowest BCUT2D eigenvalue weighted by atomic mass is 9.99. The second-order valence-corrected chi connectivity index (χ2v) is 11.4. The van der Waals surface area contributed by atoms with Gasteiger partial charge in [-0.3, -0.25) is 14.5 Å².